The van der Waals surface area contributed by atoms with Crippen molar-refractivity contribution in [2.75, 3.05) is 6.54 Å². The van der Waals surface area contributed by atoms with Gasteiger partial charge in [0, 0.05) is 19.2 Å². The third kappa shape index (κ3) is 1.91. The molecule has 0 unspecified atom stereocenters. The van der Waals surface area contributed by atoms with E-state index in [2.05, 4.69) is 10.3 Å². The van der Waals surface area contributed by atoms with Gasteiger partial charge in [-0.05, 0) is 31.0 Å². The highest BCUT2D eigenvalue weighted by atomic mass is 16.4. The van der Waals surface area contributed by atoms with Gasteiger partial charge in [-0.1, -0.05) is 5.21 Å². The summed E-state index contributed by atoms with van der Waals surface area (Å²) in [5, 5.41) is 17.0. The largest absolute Gasteiger partial charge is 0.480 e. The van der Waals surface area contributed by atoms with Gasteiger partial charge in [0.05, 0.1) is 5.52 Å². The van der Waals surface area contributed by atoms with Gasteiger partial charge in [-0.15, -0.1) is 5.10 Å². The van der Waals surface area contributed by atoms with Gasteiger partial charge >= 0.3 is 5.97 Å². The molecule has 7 nitrogen and oxygen atoms in total. The molecule has 0 aliphatic carbocycles. The molecule has 7 heteroatoms. The molecule has 1 aromatic heterocycles. The van der Waals surface area contributed by atoms with E-state index in [0.29, 0.717) is 24.0 Å². The van der Waals surface area contributed by atoms with Crippen molar-refractivity contribution in [2.45, 2.75) is 18.9 Å². The number of carboxylic acid groups (broad SMARTS) is 1. The number of hydrogen-bond acceptors (Lipinski definition) is 4. The topological polar surface area (TPSA) is 88.3 Å². The molecule has 3 rings (SSSR count). The van der Waals surface area contributed by atoms with Crippen molar-refractivity contribution in [3.8, 4) is 0 Å². The minimum atomic E-state index is -0.948. The number of carboxylic acids is 1. The number of carbonyl (C=O) groups is 2. The normalized spacial score (nSPS) is 18.6. The summed E-state index contributed by atoms with van der Waals surface area (Å²) in [7, 11) is 1.78. The van der Waals surface area contributed by atoms with Crippen molar-refractivity contribution >= 4 is 22.9 Å². The summed E-state index contributed by atoms with van der Waals surface area (Å²) in [5.74, 6) is -1.21. The van der Waals surface area contributed by atoms with E-state index in [1.165, 1.54) is 4.90 Å². The molecule has 2 aromatic rings. The molecule has 1 fully saturated rings. The molecule has 2 heterocycles. The first-order valence-corrected chi connectivity index (χ1v) is 6.41. The van der Waals surface area contributed by atoms with Crippen LogP contribution in [-0.2, 0) is 11.8 Å². The monoisotopic (exact) mass is 274 g/mol. The maximum Gasteiger partial charge on any atom is 0.326 e. The van der Waals surface area contributed by atoms with Gasteiger partial charge < -0.3 is 10.0 Å². The Bertz CT molecular complexity index is 694. The molecule has 1 aliphatic heterocycles. The van der Waals surface area contributed by atoms with E-state index in [1.54, 1.807) is 29.9 Å². The van der Waals surface area contributed by atoms with Gasteiger partial charge in [0.15, 0.2) is 0 Å². The number of hydrogen-bond donors (Lipinski definition) is 1. The van der Waals surface area contributed by atoms with E-state index in [1.807, 2.05) is 0 Å². The van der Waals surface area contributed by atoms with Crippen molar-refractivity contribution in [1.82, 2.24) is 19.9 Å². The number of rotatable bonds is 2. The van der Waals surface area contributed by atoms with E-state index < -0.39 is 12.0 Å². The molecule has 1 saturated heterocycles. The molecular weight excluding hydrogens is 260 g/mol. The number of aryl methyl sites for hydroxylation is 1. The number of nitrogens with zero attached hydrogens (tertiary/aromatic N) is 4. The highest BCUT2D eigenvalue weighted by Crippen LogP contribution is 2.21. The summed E-state index contributed by atoms with van der Waals surface area (Å²) in [6.07, 6.45) is 1.23. The number of amides is 1. The number of aliphatic carboxylic acids is 1. The van der Waals surface area contributed by atoms with E-state index in [4.69, 9.17) is 5.11 Å². The predicted octanol–water partition coefficient (Wildman–Crippen LogP) is 0.657. The van der Waals surface area contributed by atoms with Crippen LogP contribution in [0.2, 0.25) is 0 Å². The Morgan fingerprint density at radius 2 is 2.20 bits per heavy atom. The fourth-order valence-electron chi connectivity index (χ4n) is 2.61. The van der Waals surface area contributed by atoms with Crippen molar-refractivity contribution in [1.29, 1.82) is 0 Å². The first-order chi connectivity index (χ1) is 9.58. The van der Waals surface area contributed by atoms with Crippen LogP contribution in [-0.4, -0.2) is 49.5 Å². The number of aromatic nitrogens is 3. The van der Waals surface area contributed by atoms with Gasteiger partial charge in [-0.2, -0.15) is 0 Å². The van der Waals surface area contributed by atoms with Gasteiger partial charge in [0.1, 0.15) is 11.6 Å². The SMILES string of the molecule is Cn1nnc2cc(C(=O)N3CCC[C@H]3C(=O)O)ccc21. The Morgan fingerprint density at radius 3 is 2.95 bits per heavy atom. The highest BCUT2D eigenvalue weighted by molar-refractivity contribution is 5.99. The van der Waals surface area contributed by atoms with Crippen LogP contribution >= 0.6 is 0 Å². The lowest BCUT2D eigenvalue weighted by molar-refractivity contribution is -0.141. The predicted molar refractivity (Wildman–Crippen MR) is 70.2 cm³/mol. The maximum atomic E-state index is 12.4. The molecule has 1 aromatic carbocycles. The number of benzene rings is 1. The Morgan fingerprint density at radius 1 is 1.40 bits per heavy atom. The van der Waals surface area contributed by atoms with Crippen LogP contribution in [0, 0.1) is 0 Å². The molecule has 0 bridgehead atoms. The molecule has 0 radical (unpaired) electrons. The maximum absolute atomic E-state index is 12.4. The van der Waals surface area contributed by atoms with Crippen LogP contribution < -0.4 is 0 Å². The average molecular weight is 274 g/mol. The Balaban J connectivity index is 1.94. The third-order valence-corrected chi connectivity index (χ3v) is 3.66. The Kier molecular flexibility index (Phi) is 2.89. The summed E-state index contributed by atoms with van der Waals surface area (Å²) in [6.45, 7) is 0.480. The third-order valence-electron chi connectivity index (χ3n) is 3.66. The summed E-state index contributed by atoms with van der Waals surface area (Å²) in [5.41, 5.74) is 1.91. The fourth-order valence-corrected chi connectivity index (χ4v) is 2.61. The van der Waals surface area contributed by atoms with Gasteiger partial charge in [-0.3, -0.25) is 4.79 Å². The number of carbonyl (C=O) groups excluding carboxylic acids is 1. The van der Waals surface area contributed by atoms with Crippen molar-refractivity contribution < 1.29 is 14.7 Å². The Hall–Kier alpha value is -2.44. The minimum absolute atomic E-state index is 0.262. The molecular formula is C13H14N4O3. The van der Waals surface area contributed by atoms with Gasteiger partial charge in [-0.25, -0.2) is 9.48 Å². The molecule has 1 atom stereocenters. The number of fused-ring (bicyclic) bond motifs is 1. The molecule has 1 amide bonds. The van der Waals surface area contributed by atoms with Crippen molar-refractivity contribution in [2.24, 2.45) is 7.05 Å². The molecule has 1 N–H and O–H groups in total. The van der Waals surface area contributed by atoms with Crippen LogP contribution in [0.25, 0.3) is 11.0 Å². The highest BCUT2D eigenvalue weighted by Gasteiger charge is 2.34. The lowest BCUT2D eigenvalue weighted by Gasteiger charge is -2.21. The molecule has 20 heavy (non-hydrogen) atoms. The second-order valence-corrected chi connectivity index (χ2v) is 4.91. The first-order valence-electron chi connectivity index (χ1n) is 6.41. The van der Waals surface area contributed by atoms with E-state index in [0.717, 1.165) is 11.9 Å². The summed E-state index contributed by atoms with van der Waals surface area (Å²) in [4.78, 5) is 25.0. The second-order valence-electron chi connectivity index (χ2n) is 4.91. The van der Waals surface area contributed by atoms with Crippen LogP contribution in [0.1, 0.15) is 23.2 Å². The first kappa shape index (κ1) is 12.6. The standard InChI is InChI=1S/C13H14N4O3/c1-16-10-5-4-8(7-9(10)14-15-16)12(18)17-6-2-3-11(17)13(19)20/h4-5,7,11H,2-3,6H2,1H3,(H,19,20)/t11-/m0/s1. The second kappa shape index (κ2) is 4.59. The fraction of sp³-hybridized carbons (Fsp3) is 0.385. The van der Waals surface area contributed by atoms with Crippen molar-refractivity contribution in [3.63, 3.8) is 0 Å². The summed E-state index contributed by atoms with van der Waals surface area (Å²) >= 11 is 0. The zero-order chi connectivity index (χ0) is 14.3. The Labute approximate surface area is 114 Å². The molecule has 104 valence electrons. The van der Waals surface area contributed by atoms with Gasteiger partial charge in [0.25, 0.3) is 5.91 Å². The zero-order valence-corrected chi connectivity index (χ0v) is 11.0. The molecule has 0 spiro atoms. The smallest absolute Gasteiger partial charge is 0.326 e. The molecule has 1 aliphatic rings. The van der Waals surface area contributed by atoms with Crippen LogP contribution in [0.4, 0.5) is 0 Å². The summed E-state index contributed by atoms with van der Waals surface area (Å²) < 4.78 is 1.62. The quantitative estimate of drug-likeness (QED) is 0.869. The number of likely N-dealkylation sites (tertiary alicyclic amines) is 1. The van der Waals surface area contributed by atoms with E-state index >= 15 is 0 Å². The zero-order valence-electron chi connectivity index (χ0n) is 11.0. The average Bonchev–Trinajstić information content (AvgIpc) is 3.05. The molecule has 0 saturated carbocycles. The van der Waals surface area contributed by atoms with Crippen LogP contribution in [0.15, 0.2) is 18.2 Å². The summed E-state index contributed by atoms with van der Waals surface area (Å²) in [6, 6.07) is 4.39. The van der Waals surface area contributed by atoms with Crippen LogP contribution in [0.5, 0.6) is 0 Å². The lowest BCUT2D eigenvalue weighted by Crippen LogP contribution is -2.40. The van der Waals surface area contributed by atoms with E-state index in [-0.39, 0.29) is 5.91 Å². The van der Waals surface area contributed by atoms with Gasteiger partial charge in [0.2, 0.25) is 0 Å². The van der Waals surface area contributed by atoms with Crippen LogP contribution in [0.3, 0.4) is 0 Å². The van der Waals surface area contributed by atoms with Crippen molar-refractivity contribution in [3.05, 3.63) is 23.8 Å². The minimum Gasteiger partial charge on any atom is -0.480 e. The van der Waals surface area contributed by atoms with E-state index in [9.17, 15) is 9.59 Å². The lowest BCUT2D eigenvalue weighted by atomic mass is 10.1.